The van der Waals surface area contributed by atoms with Gasteiger partial charge in [0.2, 0.25) is 0 Å². The van der Waals surface area contributed by atoms with Gasteiger partial charge in [-0.3, -0.25) is 0 Å². The number of aliphatic hydroxyl groups excluding tert-OH is 1. The van der Waals surface area contributed by atoms with Gasteiger partial charge in [-0.2, -0.15) is 0 Å². The summed E-state index contributed by atoms with van der Waals surface area (Å²) in [7, 11) is 1.78. The van der Waals surface area contributed by atoms with Crippen LogP contribution in [0.4, 0.5) is 4.39 Å². The lowest BCUT2D eigenvalue weighted by atomic mass is 10.1. The maximum Gasteiger partial charge on any atom is 0.191 e. The van der Waals surface area contributed by atoms with Gasteiger partial charge in [0.05, 0.1) is 11.7 Å². The molecule has 1 N–H and O–H groups in total. The van der Waals surface area contributed by atoms with Gasteiger partial charge in [0, 0.05) is 12.8 Å². The second-order valence-corrected chi connectivity index (χ2v) is 7.33. The number of aliphatic hydroxyl groups is 1. The summed E-state index contributed by atoms with van der Waals surface area (Å²) in [6, 6.07) is 12.4. The molecule has 2 aromatic carbocycles. The van der Waals surface area contributed by atoms with Gasteiger partial charge in [0.1, 0.15) is 18.2 Å². The zero-order chi connectivity index (χ0) is 19.4. The molecule has 0 aliphatic carbocycles. The van der Waals surface area contributed by atoms with E-state index in [2.05, 4.69) is 10.2 Å². The highest BCUT2D eigenvalue weighted by molar-refractivity contribution is 7.99. The fourth-order valence-electron chi connectivity index (χ4n) is 2.74. The predicted molar refractivity (Wildman–Crippen MR) is 105 cm³/mol. The highest BCUT2D eigenvalue weighted by Gasteiger charge is 2.16. The maximum atomic E-state index is 14.0. The van der Waals surface area contributed by atoms with E-state index in [-0.39, 0.29) is 12.4 Å². The summed E-state index contributed by atoms with van der Waals surface area (Å²) in [5.41, 5.74) is 2.48. The van der Waals surface area contributed by atoms with Gasteiger partial charge in [-0.25, -0.2) is 4.39 Å². The number of aromatic nitrogens is 3. The van der Waals surface area contributed by atoms with Crippen molar-refractivity contribution in [3.8, 4) is 17.1 Å². The van der Waals surface area contributed by atoms with Gasteiger partial charge in [-0.05, 0) is 37.1 Å². The summed E-state index contributed by atoms with van der Waals surface area (Å²) in [6.45, 7) is 4.15. The Bertz CT molecular complexity index is 909. The van der Waals surface area contributed by atoms with Crippen molar-refractivity contribution in [1.82, 2.24) is 14.8 Å². The van der Waals surface area contributed by atoms with Crippen LogP contribution in [0.1, 0.15) is 11.1 Å². The van der Waals surface area contributed by atoms with Crippen molar-refractivity contribution >= 4 is 11.8 Å². The van der Waals surface area contributed by atoms with Crippen LogP contribution in [0.5, 0.6) is 5.75 Å². The molecule has 0 saturated heterocycles. The van der Waals surface area contributed by atoms with Crippen LogP contribution >= 0.6 is 11.8 Å². The van der Waals surface area contributed by atoms with Crippen molar-refractivity contribution < 1.29 is 14.2 Å². The van der Waals surface area contributed by atoms with Crippen molar-refractivity contribution in [1.29, 1.82) is 0 Å². The number of hydrogen-bond acceptors (Lipinski definition) is 5. The monoisotopic (exact) mass is 387 g/mol. The lowest BCUT2D eigenvalue weighted by molar-refractivity contribution is 0.125. The van der Waals surface area contributed by atoms with Gasteiger partial charge < -0.3 is 14.4 Å². The van der Waals surface area contributed by atoms with E-state index in [9.17, 15) is 9.50 Å². The zero-order valence-corrected chi connectivity index (χ0v) is 16.3. The van der Waals surface area contributed by atoms with Gasteiger partial charge >= 0.3 is 0 Å². The summed E-state index contributed by atoms with van der Waals surface area (Å²) >= 11 is 1.36. The van der Waals surface area contributed by atoms with Crippen molar-refractivity contribution in [3.05, 3.63) is 59.4 Å². The molecule has 142 valence electrons. The van der Waals surface area contributed by atoms with Gasteiger partial charge in [0.25, 0.3) is 0 Å². The molecule has 0 aliphatic heterocycles. The first-order chi connectivity index (χ1) is 13.0. The predicted octanol–water partition coefficient (Wildman–Crippen LogP) is 3.77. The second kappa shape index (κ2) is 8.54. The number of hydrogen-bond donors (Lipinski definition) is 1. The van der Waals surface area contributed by atoms with E-state index in [4.69, 9.17) is 4.74 Å². The lowest BCUT2D eigenvalue weighted by Crippen LogP contribution is -2.21. The molecular weight excluding hydrogens is 365 g/mol. The molecule has 1 aromatic heterocycles. The summed E-state index contributed by atoms with van der Waals surface area (Å²) < 4.78 is 21.5. The Balaban J connectivity index is 1.60. The highest BCUT2D eigenvalue weighted by Crippen LogP contribution is 2.26. The van der Waals surface area contributed by atoms with E-state index in [1.54, 1.807) is 29.8 Å². The van der Waals surface area contributed by atoms with Crippen LogP contribution in [0.3, 0.4) is 0 Å². The first kappa shape index (κ1) is 19.4. The third-order valence-electron chi connectivity index (χ3n) is 4.18. The second-order valence-electron chi connectivity index (χ2n) is 6.34. The van der Waals surface area contributed by atoms with E-state index in [0.717, 1.165) is 16.9 Å². The Morgan fingerprint density at radius 3 is 2.52 bits per heavy atom. The molecule has 3 aromatic rings. The SMILES string of the molecule is Cc1cccc(C)c1OC[C@@H](O)CSc1nnc(-c2ccccc2F)n1C. The largest absolute Gasteiger partial charge is 0.490 e. The van der Waals surface area contributed by atoms with Gasteiger partial charge in [-0.15, -0.1) is 10.2 Å². The molecule has 0 unspecified atom stereocenters. The van der Waals surface area contributed by atoms with E-state index in [1.807, 2.05) is 32.0 Å². The average Bonchev–Trinajstić information content (AvgIpc) is 3.00. The third-order valence-corrected chi connectivity index (χ3v) is 5.35. The number of rotatable bonds is 7. The minimum atomic E-state index is -0.664. The summed E-state index contributed by atoms with van der Waals surface area (Å²) in [6.07, 6.45) is -0.664. The Hall–Kier alpha value is -2.38. The average molecular weight is 387 g/mol. The molecule has 1 heterocycles. The minimum absolute atomic E-state index is 0.191. The standard InChI is InChI=1S/C20H22FN3O2S/c1-13-7-6-8-14(2)18(13)26-11-15(25)12-27-20-23-22-19(24(20)3)16-9-4-5-10-17(16)21/h4-10,15,25H,11-12H2,1-3H3/t15-/m1/s1. The van der Waals surface area contributed by atoms with E-state index in [0.29, 0.717) is 22.3 Å². The van der Waals surface area contributed by atoms with Crippen LogP contribution in [-0.2, 0) is 7.05 Å². The van der Waals surface area contributed by atoms with E-state index < -0.39 is 6.10 Å². The number of aryl methyl sites for hydroxylation is 2. The Morgan fingerprint density at radius 2 is 1.81 bits per heavy atom. The number of thioether (sulfide) groups is 1. The molecule has 3 rings (SSSR count). The molecule has 0 aliphatic rings. The molecule has 0 bridgehead atoms. The summed E-state index contributed by atoms with van der Waals surface area (Å²) in [4.78, 5) is 0. The number of nitrogens with zero attached hydrogens (tertiary/aromatic N) is 3. The van der Waals surface area contributed by atoms with E-state index >= 15 is 0 Å². The zero-order valence-electron chi connectivity index (χ0n) is 15.5. The van der Waals surface area contributed by atoms with Gasteiger partial charge in [0.15, 0.2) is 11.0 Å². The normalized spacial score (nSPS) is 12.2. The smallest absolute Gasteiger partial charge is 0.191 e. The molecule has 0 spiro atoms. The maximum absolute atomic E-state index is 14.0. The molecular formula is C20H22FN3O2S. The van der Waals surface area contributed by atoms with Crippen LogP contribution in [0.25, 0.3) is 11.4 Å². The number of benzene rings is 2. The van der Waals surface area contributed by atoms with Gasteiger partial charge in [-0.1, -0.05) is 42.1 Å². The molecule has 1 atom stereocenters. The van der Waals surface area contributed by atoms with Crippen molar-refractivity contribution in [2.24, 2.45) is 7.05 Å². The lowest BCUT2D eigenvalue weighted by Gasteiger charge is -2.15. The van der Waals surface area contributed by atoms with Crippen LogP contribution in [0.2, 0.25) is 0 Å². The topological polar surface area (TPSA) is 60.2 Å². The summed E-state index contributed by atoms with van der Waals surface area (Å²) in [5.74, 6) is 1.32. The third kappa shape index (κ3) is 4.48. The van der Waals surface area contributed by atoms with Crippen molar-refractivity contribution in [3.63, 3.8) is 0 Å². The van der Waals surface area contributed by atoms with Crippen molar-refractivity contribution in [2.75, 3.05) is 12.4 Å². The van der Waals surface area contributed by atoms with Crippen LogP contribution in [-0.4, -0.2) is 38.3 Å². The minimum Gasteiger partial charge on any atom is -0.490 e. The highest BCUT2D eigenvalue weighted by atomic mass is 32.2. The van der Waals surface area contributed by atoms with Crippen molar-refractivity contribution in [2.45, 2.75) is 25.1 Å². The molecule has 0 radical (unpaired) electrons. The number of para-hydroxylation sites is 1. The fourth-order valence-corrected chi connectivity index (χ4v) is 3.56. The first-order valence-corrected chi connectivity index (χ1v) is 9.60. The number of ether oxygens (including phenoxy) is 1. The molecule has 0 saturated carbocycles. The Kier molecular flexibility index (Phi) is 6.13. The van der Waals surface area contributed by atoms with Crippen LogP contribution < -0.4 is 4.74 Å². The quantitative estimate of drug-likeness (QED) is 0.626. The summed E-state index contributed by atoms with van der Waals surface area (Å²) in [5, 5.41) is 19.0. The Morgan fingerprint density at radius 1 is 1.11 bits per heavy atom. The molecule has 27 heavy (non-hydrogen) atoms. The van der Waals surface area contributed by atoms with Crippen LogP contribution in [0.15, 0.2) is 47.6 Å². The molecule has 0 fully saturated rings. The number of halogens is 1. The van der Waals surface area contributed by atoms with E-state index in [1.165, 1.54) is 17.8 Å². The molecule has 7 heteroatoms. The fraction of sp³-hybridized carbons (Fsp3) is 0.300. The Labute approximate surface area is 162 Å². The first-order valence-electron chi connectivity index (χ1n) is 8.61. The molecule has 5 nitrogen and oxygen atoms in total. The molecule has 0 amide bonds. The van der Waals surface area contributed by atoms with Crippen LogP contribution in [0, 0.1) is 19.7 Å².